The van der Waals surface area contributed by atoms with Crippen LogP contribution in [0.2, 0.25) is 0 Å². The fourth-order valence-corrected chi connectivity index (χ4v) is 9.82. The van der Waals surface area contributed by atoms with Crippen LogP contribution in [0.1, 0.15) is 25.0 Å². The smallest absolute Gasteiger partial charge is 0.213 e. The number of hydrogen-bond acceptors (Lipinski definition) is 2. The molecule has 3 heteroatoms. The summed E-state index contributed by atoms with van der Waals surface area (Å²) in [7, 11) is 0. The zero-order valence-electron chi connectivity index (χ0n) is 33.4. The lowest BCUT2D eigenvalue weighted by Crippen LogP contribution is -2.16. The molecule has 0 radical (unpaired) electrons. The Morgan fingerprint density at radius 1 is 0.433 bits per heavy atom. The summed E-state index contributed by atoms with van der Waals surface area (Å²) >= 11 is 0. The van der Waals surface area contributed by atoms with Crippen LogP contribution in [0.25, 0.3) is 83.0 Å². The zero-order valence-corrected chi connectivity index (χ0v) is 33.4. The van der Waals surface area contributed by atoms with Crippen LogP contribution < -0.4 is 4.90 Å². The molecule has 0 fully saturated rings. The zero-order chi connectivity index (χ0) is 40.0. The minimum absolute atomic E-state index is 0.118. The van der Waals surface area contributed by atoms with Gasteiger partial charge in [-0.3, -0.25) is 4.40 Å². The lowest BCUT2D eigenvalue weighted by Gasteiger charge is -2.29. The Labute approximate surface area is 349 Å². The van der Waals surface area contributed by atoms with Crippen molar-refractivity contribution in [2.75, 3.05) is 4.90 Å². The van der Waals surface area contributed by atoms with Crippen molar-refractivity contribution in [2.45, 2.75) is 19.3 Å². The fourth-order valence-electron chi connectivity index (χ4n) is 9.82. The topological polar surface area (TPSA) is 20.8 Å². The molecule has 60 heavy (non-hydrogen) atoms. The molecule has 9 aromatic carbocycles. The highest BCUT2D eigenvalue weighted by molar-refractivity contribution is 6.08. The molecule has 0 amide bonds. The second kappa shape index (κ2) is 13.2. The van der Waals surface area contributed by atoms with Gasteiger partial charge in [0, 0.05) is 27.6 Å². The number of aromatic nitrogens is 1. The summed E-state index contributed by atoms with van der Waals surface area (Å²) in [5, 5.41) is 3.57. The van der Waals surface area contributed by atoms with Gasteiger partial charge in [-0.05, 0) is 110 Å². The first kappa shape index (κ1) is 34.4. The van der Waals surface area contributed by atoms with E-state index < -0.39 is 0 Å². The SMILES string of the molecule is CC1(C)c2ccccc2-c2ccc(N(c3ccc(-c4c5cc(-c6ccc(-c7ccccc7)cc6)ccc5n5c4oc4ccccc45)cc3)c3cccc4ccccc34)cc21. The number of oxazole rings is 1. The summed E-state index contributed by atoms with van der Waals surface area (Å²) in [5.41, 5.74) is 19.5. The maximum absolute atomic E-state index is 6.74. The van der Waals surface area contributed by atoms with E-state index in [9.17, 15) is 0 Å². The fraction of sp³-hybridized carbons (Fsp3) is 0.0526. The molecule has 0 aliphatic heterocycles. The normalized spacial score (nSPS) is 13.0. The number of rotatable bonds is 6. The van der Waals surface area contributed by atoms with Gasteiger partial charge >= 0.3 is 0 Å². The van der Waals surface area contributed by atoms with E-state index in [2.05, 4.69) is 223 Å². The monoisotopic (exact) mass is 768 g/mol. The van der Waals surface area contributed by atoms with E-state index in [4.69, 9.17) is 4.42 Å². The first-order valence-corrected chi connectivity index (χ1v) is 20.8. The Kier molecular flexibility index (Phi) is 7.58. The van der Waals surface area contributed by atoms with Gasteiger partial charge in [-0.25, -0.2) is 0 Å². The molecule has 0 saturated heterocycles. The molecule has 0 unspecified atom stereocenters. The Hall–Kier alpha value is -7.62. The molecular weight excluding hydrogens is 729 g/mol. The van der Waals surface area contributed by atoms with Gasteiger partial charge in [0.1, 0.15) is 0 Å². The predicted molar refractivity (Wildman–Crippen MR) is 251 cm³/mol. The van der Waals surface area contributed by atoms with Crippen molar-refractivity contribution in [1.82, 2.24) is 4.40 Å². The maximum Gasteiger partial charge on any atom is 0.213 e. The van der Waals surface area contributed by atoms with Crippen LogP contribution in [-0.4, -0.2) is 4.40 Å². The predicted octanol–water partition coefficient (Wildman–Crippen LogP) is 15.8. The average Bonchev–Trinajstić information content (AvgIpc) is 3.91. The molecule has 0 bridgehead atoms. The molecule has 2 heterocycles. The second-order valence-electron chi connectivity index (χ2n) is 16.5. The summed E-state index contributed by atoms with van der Waals surface area (Å²) < 4.78 is 9.02. The second-order valence-corrected chi connectivity index (χ2v) is 16.5. The van der Waals surface area contributed by atoms with Crippen molar-refractivity contribution in [3.05, 3.63) is 217 Å². The molecular formula is C57H40N2O. The van der Waals surface area contributed by atoms with Crippen LogP contribution in [-0.2, 0) is 5.41 Å². The molecule has 0 saturated carbocycles. The first-order chi connectivity index (χ1) is 29.5. The quantitative estimate of drug-likeness (QED) is 0.168. The van der Waals surface area contributed by atoms with E-state index in [1.165, 1.54) is 55.3 Å². The molecule has 12 rings (SSSR count). The van der Waals surface area contributed by atoms with Crippen molar-refractivity contribution >= 4 is 55.6 Å². The van der Waals surface area contributed by atoms with Crippen molar-refractivity contribution in [3.63, 3.8) is 0 Å². The summed E-state index contributed by atoms with van der Waals surface area (Å²) in [6, 6.07) is 74.9. The van der Waals surface area contributed by atoms with Gasteiger partial charge in [-0.15, -0.1) is 0 Å². The van der Waals surface area contributed by atoms with E-state index in [1.54, 1.807) is 0 Å². The first-order valence-electron chi connectivity index (χ1n) is 20.8. The van der Waals surface area contributed by atoms with Gasteiger partial charge in [0.2, 0.25) is 5.71 Å². The number of benzene rings is 9. The van der Waals surface area contributed by atoms with Crippen molar-refractivity contribution in [3.8, 4) is 44.5 Å². The van der Waals surface area contributed by atoms with Crippen molar-refractivity contribution in [2.24, 2.45) is 0 Å². The third-order valence-corrected chi connectivity index (χ3v) is 12.8. The Morgan fingerprint density at radius 3 is 1.92 bits per heavy atom. The highest BCUT2D eigenvalue weighted by atomic mass is 16.3. The maximum atomic E-state index is 6.74. The number of hydrogen-bond donors (Lipinski definition) is 0. The molecule has 11 aromatic rings. The molecule has 0 atom stereocenters. The van der Waals surface area contributed by atoms with Crippen LogP contribution in [0.3, 0.4) is 0 Å². The van der Waals surface area contributed by atoms with Gasteiger partial charge in [-0.2, -0.15) is 0 Å². The van der Waals surface area contributed by atoms with Crippen LogP contribution in [0, 0.1) is 0 Å². The van der Waals surface area contributed by atoms with Gasteiger partial charge in [0.15, 0.2) is 5.58 Å². The van der Waals surface area contributed by atoms with E-state index in [0.717, 1.165) is 55.9 Å². The molecule has 2 aromatic heterocycles. The molecule has 0 N–H and O–H groups in total. The van der Waals surface area contributed by atoms with Crippen LogP contribution in [0.5, 0.6) is 0 Å². The van der Waals surface area contributed by atoms with E-state index in [0.29, 0.717) is 0 Å². The Balaban J connectivity index is 1.02. The Morgan fingerprint density at radius 2 is 1.07 bits per heavy atom. The number of para-hydroxylation sites is 2. The summed E-state index contributed by atoms with van der Waals surface area (Å²) in [6.45, 7) is 4.70. The van der Waals surface area contributed by atoms with Gasteiger partial charge in [-0.1, -0.05) is 166 Å². The molecule has 284 valence electrons. The minimum Gasteiger partial charge on any atom is -0.438 e. The summed E-state index contributed by atoms with van der Waals surface area (Å²) in [5.74, 6) is 0. The van der Waals surface area contributed by atoms with E-state index >= 15 is 0 Å². The number of fused-ring (bicyclic) bond motifs is 9. The minimum atomic E-state index is -0.118. The summed E-state index contributed by atoms with van der Waals surface area (Å²) in [4.78, 5) is 2.43. The third kappa shape index (κ3) is 5.22. The average molecular weight is 769 g/mol. The van der Waals surface area contributed by atoms with E-state index in [1.807, 2.05) is 6.07 Å². The lowest BCUT2D eigenvalue weighted by molar-refractivity contribution is 0.658. The molecule has 1 aliphatic rings. The largest absolute Gasteiger partial charge is 0.438 e. The molecule has 3 nitrogen and oxygen atoms in total. The van der Waals surface area contributed by atoms with Crippen LogP contribution in [0.15, 0.2) is 211 Å². The third-order valence-electron chi connectivity index (χ3n) is 12.8. The standard InChI is InChI=1S/C57H40N2O/c1-57(2)49-19-9-8-18-46(49)47-33-32-44(36-50(47)57)58(51-21-12-16-40-15-6-7-17-45(40)51)43-30-27-41(28-31-43)55-48-35-42(39-25-23-38(24-26-39)37-13-4-3-5-14-37)29-34-52(48)59-53-20-10-11-22-54(53)60-56(55)59/h3-36H,1-2H3. The van der Waals surface area contributed by atoms with Crippen LogP contribution in [0.4, 0.5) is 17.1 Å². The Bertz CT molecular complexity index is 3440. The summed E-state index contributed by atoms with van der Waals surface area (Å²) in [6.07, 6.45) is 0. The van der Waals surface area contributed by atoms with Crippen LogP contribution >= 0.6 is 0 Å². The van der Waals surface area contributed by atoms with Gasteiger partial charge in [0.25, 0.3) is 0 Å². The molecule has 1 aliphatic carbocycles. The van der Waals surface area contributed by atoms with E-state index in [-0.39, 0.29) is 5.41 Å². The highest BCUT2D eigenvalue weighted by Crippen LogP contribution is 2.51. The molecule has 0 spiro atoms. The van der Waals surface area contributed by atoms with Crippen molar-refractivity contribution < 1.29 is 4.42 Å². The van der Waals surface area contributed by atoms with Gasteiger partial charge in [0.05, 0.1) is 22.3 Å². The highest BCUT2D eigenvalue weighted by Gasteiger charge is 2.36. The number of nitrogens with zero attached hydrogens (tertiary/aromatic N) is 2. The van der Waals surface area contributed by atoms with Gasteiger partial charge < -0.3 is 9.32 Å². The number of anilines is 3. The van der Waals surface area contributed by atoms with Crippen molar-refractivity contribution in [1.29, 1.82) is 0 Å². The lowest BCUT2D eigenvalue weighted by atomic mass is 9.82.